The highest BCUT2D eigenvalue weighted by atomic mass is 32.2. The molecule has 0 N–H and O–H groups in total. The number of hydrogen-bond donors (Lipinski definition) is 0. The van der Waals surface area contributed by atoms with E-state index in [0.717, 1.165) is 12.3 Å². The monoisotopic (exact) mass is 201 g/mol. The molecule has 0 aliphatic carbocycles. The molecule has 0 saturated carbocycles. The van der Waals surface area contributed by atoms with Crippen LogP contribution in [0.15, 0.2) is 0 Å². The summed E-state index contributed by atoms with van der Waals surface area (Å²) in [6, 6.07) is 0. The molecule has 2 aliphatic heterocycles. The molecule has 0 bridgehead atoms. The van der Waals surface area contributed by atoms with Crippen LogP contribution < -0.4 is 0 Å². The summed E-state index contributed by atoms with van der Waals surface area (Å²) in [6.45, 7) is 2.47. The topological polar surface area (TPSA) is 46.6 Å². The van der Waals surface area contributed by atoms with Crippen LogP contribution >= 0.6 is 11.8 Å². The van der Waals surface area contributed by atoms with E-state index in [0.29, 0.717) is 0 Å². The van der Waals surface area contributed by atoms with E-state index >= 15 is 0 Å². The maximum Gasteiger partial charge on any atom is 0.302 e. The molecule has 72 valence electrons. The lowest BCUT2D eigenvalue weighted by Crippen LogP contribution is -2.58. The van der Waals surface area contributed by atoms with E-state index in [2.05, 4.69) is 0 Å². The Balaban J connectivity index is 1.87. The average Bonchev–Trinajstić information content (AvgIpc) is 2.48. The van der Waals surface area contributed by atoms with Gasteiger partial charge in [0.1, 0.15) is 12.5 Å². The molecule has 2 saturated heterocycles. The molecule has 13 heavy (non-hydrogen) atoms. The molecule has 0 aromatic heterocycles. The smallest absolute Gasteiger partial charge is 0.302 e. The van der Waals surface area contributed by atoms with Gasteiger partial charge in [0.2, 0.25) is 5.91 Å². The van der Waals surface area contributed by atoms with E-state index in [4.69, 9.17) is 4.74 Å². The van der Waals surface area contributed by atoms with Gasteiger partial charge in [-0.25, -0.2) is 0 Å². The lowest BCUT2D eigenvalue weighted by molar-refractivity contribution is -0.157. The van der Waals surface area contributed by atoms with Crippen LogP contribution in [0.25, 0.3) is 0 Å². The quantitative estimate of drug-likeness (QED) is 0.469. The Morgan fingerprint density at radius 2 is 2.54 bits per heavy atom. The second-order valence-electron chi connectivity index (χ2n) is 3.20. The van der Waals surface area contributed by atoms with Crippen LogP contribution in [0, 0.1) is 5.92 Å². The van der Waals surface area contributed by atoms with Gasteiger partial charge in [0, 0.05) is 19.2 Å². The minimum Gasteiger partial charge on any atom is -0.465 e. The molecule has 2 heterocycles. The van der Waals surface area contributed by atoms with Gasteiger partial charge in [0.05, 0.1) is 5.37 Å². The summed E-state index contributed by atoms with van der Waals surface area (Å²) in [5.74, 6) is 0.745. The van der Waals surface area contributed by atoms with Crippen LogP contribution in [0.2, 0.25) is 0 Å². The SMILES string of the molecule is CC(=O)OCC1C(=O)N2CCS[C@@H]12. The first-order valence-electron chi connectivity index (χ1n) is 4.25. The molecule has 2 atom stereocenters. The number of fused-ring (bicyclic) bond motifs is 1. The fourth-order valence-electron chi connectivity index (χ4n) is 1.67. The molecule has 1 amide bonds. The fraction of sp³-hybridized carbons (Fsp3) is 0.750. The number of esters is 1. The summed E-state index contributed by atoms with van der Waals surface area (Å²) in [5, 5.41) is 0.270. The predicted octanol–water partition coefficient (Wildman–Crippen LogP) is 0.0808. The molecular weight excluding hydrogens is 190 g/mol. The van der Waals surface area contributed by atoms with Crippen molar-refractivity contribution in [1.82, 2.24) is 4.90 Å². The predicted molar refractivity (Wildman–Crippen MR) is 48.1 cm³/mol. The zero-order chi connectivity index (χ0) is 9.42. The number of β-lactam (4-membered cyclic amide) rings is 1. The fourth-order valence-corrected chi connectivity index (χ4v) is 3.03. The van der Waals surface area contributed by atoms with Crippen molar-refractivity contribution in [3.8, 4) is 0 Å². The maximum atomic E-state index is 11.4. The Labute approximate surface area is 80.6 Å². The van der Waals surface area contributed by atoms with E-state index < -0.39 is 0 Å². The Morgan fingerprint density at radius 3 is 3.23 bits per heavy atom. The van der Waals surface area contributed by atoms with E-state index in [-0.39, 0.29) is 29.8 Å². The Bertz CT molecular complexity index is 256. The Morgan fingerprint density at radius 1 is 1.77 bits per heavy atom. The number of amides is 1. The van der Waals surface area contributed by atoms with Crippen molar-refractivity contribution >= 4 is 23.6 Å². The molecule has 2 aliphatic rings. The van der Waals surface area contributed by atoms with Gasteiger partial charge >= 0.3 is 5.97 Å². The van der Waals surface area contributed by atoms with Crippen molar-refractivity contribution in [2.45, 2.75) is 12.3 Å². The number of carbonyl (C=O) groups is 2. The zero-order valence-corrected chi connectivity index (χ0v) is 8.17. The van der Waals surface area contributed by atoms with Gasteiger partial charge < -0.3 is 9.64 Å². The zero-order valence-electron chi connectivity index (χ0n) is 7.36. The molecule has 2 rings (SSSR count). The van der Waals surface area contributed by atoms with Crippen LogP contribution in [0.1, 0.15) is 6.92 Å². The Hall–Kier alpha value is -0.710. The molecule has 2 fully saturated rings. The van der Waals surface area contributed by atoms with Crippen LogP contribution in [0.5, 0.6) is 0 Å². The summed E-state index contributed by atoms with van der Waals surface area (Å²) in [7, 11) is 0. The third-order valence-electron chi connectivity index (χ3n) is 2.34. The van der Waals surface area contributed by atoms with Gasteiger partial charge in [-0.2, -0.15) is 0 Å². The summed E-state index contributed by atoms with van der Waals surface area (Å²) in [5.41, 5.74) is 0. The normalized spacial score (nSPS) is 31.2. The first-order valence-corrected chi connectivity index (χ1v) is 5.30. The highest BCUT2D eigenvalue weighted by molar-refractivity contribution is 8.00. The second-order valence-corrected chi connectivity index (χ2v) is 4.43. The van der Waals surface area contributed by atoms with Crippen LogP contribution in [-0.4, -0.2) is 41.1 Å². The summed E-state index contributed by atoms with van der Waals surface area (Å²) < 4.78 is 4.82. The summed E-state index contributed by atoms with van der Waals surface area (Å²) in [6.07, 6.45) is 0. The van der Waals surface area contributed by atoms with Gasteiger partial charge in [-0.05, 0) is 0 Å². The van der Waals surface area contributed by atoms with Gasteiger partial charge in [0.25, 0.3) is 0 Å². The van der Waals surface area contributed by atoms with Gasteiger partial charge in [-0.1, -0.05) is 0 Å². The number of hydrogen-bond acceptors (Lipinski definition) is 4. The van der Waals surface area contributed by atoms with Crippen molar-refractivity contribution in [2.24, 2.45) is 5.92 Å². The lowest BCUT2D eigenvalue weighted by Gasteiger charge is -2.41. The van der Waals surface area contributed by atoms with Crippen LogP contribution in [0.3, 0.4) is 0 Å². The molecule has 4 nitrogen and oxygen atoms in total. The third-order valence-corrected chi connectivity index (χ3v) is 3.68. The number of carbonyl (C=O) groups excluding carboxylic acids is 2. The van der Waals surface area contributed by atoms with E-state index in [1.54, 1.807) is 11.8 Å². The van der Waals surface area contributed by atoms with E-state index in [9.17, 15) is 9.59 Å². The maximum absolute atomic E-state index is 11.4. The molecule has 0 aromatic carbocycles. The third kappa shape index (κ3) is 1.41. The first kappa shape index (κ1) is 8.87. The summed E-state index contributed by atoms with van der Waals surface area (Å²) in [4.78, 5) is 23.8. The molecular formula is C8H11NO3S. The minimum absolute atomic E-state index is 0.0867. The summed E-state index contributed by atoms with van der Waals surface area (Å²) >= 11 is 1.77. The molecule has 0 radical (unpaired) electrons. The minimum atomic E-state index is -0.311. The first-order chi connectivity index (χ1) is 6.20. The number of ether oxygens (including phenoxy) is 1. The van der Waals surface area contributed by atoms with Gasteiger partial charge in [-0.15, -0.1) is 11.8 Å². The number of nitrogens with zero attached hydrogens (tertiary/aromatic N) is 1. The molecule has 0 spiro atoms. The number of rotatable bonds is 2. The Kier molecular flexibility index (Phi) is 2.19. The number of thioether (sulfide) groups is 1. The second kappa shape index (κ2) is 3.21. The van der Waals surface area contributed by atoms with Crippen molar-refractivity contribution in [3.05, 3.63) is 0 Å². The average molecular weight is 201 g/mol. The van der Waals surface area contributed by atoms with E-state index in [1.807, 2.05) is 4.90 Å². The largest absolute Gasteiger partial charge is 0.465 e. The molecule has 1 unspecified atom stereocenters. The van der Waals surface area contributed by atoms with Crippen LogP contribution in [-0.2, 0) is 14.3 Å². The highest BCUT2D eigenvalue weighted by Crippen LogP contribution is 2.39. The lowest BCUT2D eigenvalue weighted by atomic mass is 10.00. The van der Waals surface area contributed by atoms with Crippen molar-refractivity contribution in [1.29, 1.82) is 0 Å². The molecule has 5 heteroatoms. The van der Waals surface area contributed by atoms with Gasteiger partial charge in [0.15, 0.2) is 0 Å². The highest BCUT2D eigenvalue weighted by Gasteiger charge is 2.50. The van der Waals surface area contributed by atoms with Crippen molar-refractivity contribution in [2.75, 3.05) is 18.9 Å². The van der Waals surface area contributed by atoms with Crippen molar-refractivity contribution < 1.29 is 14.3 Å². The van der Waals surface area contributed by atoms with E-state index in [1.165, 1.54) is 6.92 Å². The van der Waals surface area contributed by atoms with Crippen molar-refractivity contribution in [3.63, 3.8) is 0 Å². The molecule has 0 aromatic rings. The standard InChI is InChI=1S/C8H11NO3S/c1-5(10)12-4-6-7(11)9-2-3-13-8(6)9/h6,8H,2-4H2,1H3/t6?,8-/m0/s1. The van der Waals surface area contributed by atoms with Gasteiger partial charge in [-0.3, -0.25) is 9.59 Å². The van der Waals surface area contributed by atoms with Crippen LogP contribution in [0.4, 0.5) is 0 Å².